The molecule has 1 heterocycles. The number of hydrogen-bond acceptors (Lipinski definition) is 6. The Hall–Kier alpha value is -1.97. The lowest BCUT2D eigenvalue weighted by atomic mass is 9.96. The van der Waals surface area contributed by atoms with Gasteiger partial charge in [-0.1, -0.05) is 19.9 Å². The van der Waals surface area contributed by atoms with Crippen LogP contribution in [0.5, 0.6) is 0 Å². The number of nitrogens with zero attached hydrogens (tertiary/aromatic N) is 2. The predicted molar refractivity (Wildman–Crippen MR) is 120 cm³/mol. The third-order valence-electron chi connectivity index (χ3n) is 5.86. The molecule has 1 atom stereocenters. The van der Waals surface area contributed by atoms with E-state index in [0.29, 0.717) is 56.9 Å². The van der Waals surface area contributed by atoms with Gasteiger partial charge in [0.15, 0.2) is 0 Å². The third-order valence-corrected chi connectivity index (χ3v) is 8.05. The van der Waals surface area contributed by atoms with Crippen LogP contribution in [0, 0.1) is 12.8 Å². The van der Waals surface area contributed by atoms with Gasteiger partial charge in [-0.3, -0.25) is 14.5 Å². The van der Waals surface area contributed by atoms with Gasteiger partial charge in [0, 0.05) is 18.8 Å². The maximum atomic E-state index is 12.9. The van der Waals surface area contributed by atoms with Crippen molar-refractivity contribution in [2.24, 2.45) is 5.92 Å². The number of rotatable bonds is 9. The summed E-state index contributed by atoms with van der Waals surface area (Å²) in [5.74, 6) is -0.484. The Morgan fingerprint density at radius 3 is 2.35 bits per heavy atom. The fraction of sp³-hybridized carbons (Fsp3) is 0.636. The Morgan fingerprint density at radius 1 is 1.19 bits per heavy atom. The number of ether oxygens (including phenoxy) is 1. The third kappa shape index (κ3) is 6.05. The molecular weight excluding hydrogens is 418 g/mol. The summed E-state index contributed by atoms with van der Waals surface area (Å²) in [6, 6.07) is 4.56. The summed E-state index contributed by atoms with van der Waals surface area (Å²) >= 11 is 0. The quantitative estimate of drug-likeness (QED) is 0.578. The van der Waals surface area contributed by atoms with Crippen LogP contribution in [-0.4, -0.2) is 68.3 Å². The van der Waals surface area contributed by atoms with Crippen LogP contribution in [0.4, 0.5) is 5.69 Å². The summed E-state index contributed by atoms with van der Waals surface area (Å²) in [5.41, 5.74) is 1.09. The van der Waals surface area contributed by atoms with Crippen LogP contribution in [0.3, 0.4) is 0 Å². The number of esters is 1. The number of anilines is 1. The number of aryl methyl sites for hydroxylation is 1. The molecule has 1 fully saturated rings. The topological polar surface area (TPSA) is 96.0 Å². The molecule has 0 radical (unpaired) electrons. The molecule has 1 aliphatic heterocycles. The van der Waals surface area contributed by atoms with Gasteiger partial charge in [0.2, 0.25) is 15.9 Å². The van der Waals surface area contributed by atoms with Crippen LogP contribution in [0.2, 0.25) is 0 Å². The molecule has 0 aliphatic carbocycles. The lowest BCUT2D eigenvalue weighted by molar-refractivity contribution is -0.149. The van der Waals surface area contributed by atoms with Gasteiger partial charge in [0.05, 0.1) is 23.5 Å². The molecule has 1 aromatic carbocycles. The second-order valence-electron chi connectivity index (χ2n) is 7.80. The van der Waals surface area contributed by atoms with Crippen molar-refractivity contribution in [3.8, 4) is 0 Å². The van der Waals surface area contributed by atoms with Crippen molar-refractivity contribution in [1.29, 1.82) is 0 Å². The summed E-state index contributed by atoms with van der Waals surface area (Å²) < 4.78 is 32.4. The Morgan fingerprint density at radius 2 is 1.81 bits per heavy atom. The summed E-state index contributed by atoms with van der Waals surface area (Å²) in [6.07, 6.45) is 1.32. The van der Waals surface area contributed by atoms with Crippen molar-refractivity contribution in [1.82, 2.24) is 9.21 Å². The summed E-state index contributed by atoms with van der Waals surface area (Å²) in [6.45, 7) is 11.4. The van der Waals surface area contributed by atoms with Crippen molar-refractivity contribution in [3.05, 3.63) is 23.8 Å². The molecule has 1 N–H and O–H groups in total. The van der Waals surface area contributed by atoms with Crippen LogP contribution in [0.25, 0.3) is 0 Å². The highest BCUT2D eigenvalue weighted by Gasteiger charge is 2.31. The van der Waals surface area contributed by atoms with E-state index in [1.165, 1.54) is 10.4 Å². The molecule has 9 heteroatoms. The van der Waals surface area contributed by atoms with Crippen molar-refractivity contribution in [2.45, 2.75) is 58.4 Å². The smallest absolute Gasteiger partial charge is 0.309 e. The summed E-state index contributed by atoms with van der Waals surface area (Å²) in [7, 11) is -3.62. The van der Waals surface area contributed by atoms with Gasteiger partial charge in [-0.25, -0.2) is 8.42 Å². The van der Waals surface area contributed by atoms with Crippen molar-refractivity contribution >= 4 is 27.6 Å². The second kappa shape index (κ2) is 11.1. The molecular formula is C22H35N3O5S. The van der Waals surface area contributed by atoms with Crippen LogP contribution in [-0.2, 0) is 24.3 Å². The molecule has 174 valence electrons. The number of piperidine rings is 1. The summed E-state index contributed by atoms with van der Waals surface area (Å²) in [4.78, 5) is 27.0. The molecule has 0 bridgehead atoms. The SMILES string of the molecule is CCOC(=O)C1CCN(C(C)C(=O)Nc2ccc(C)c(S(=O)(=O)N(CC)CC)c2)CC1. The first-order valence-corrected chi connectivity index (χ1v) is 12.4. The average molecular weight is 454 g/mol. The van der Waals surface area contributed by atoms with Gasteiger partial charge in [0.25, 0.3) is 0 Å². The average Bonchev–Trinajstić information content (AvgIpc) is 2.75. The monoisotopic (exact) mass is 453 g/mol. The van der Waals surface area contributed by atoms with E-state index in [1.54, 1.807) is 39.8 Å². The largest absolute Gasteiger partial charge is 0.466 e. The molecule has 1 amide bonds. The zero-order valence-electron chi connectivity index (χ0n) is 19.2. The highest BCUT2D eigenvalue weighted by molar-refractivity contribution is 7.89. The number of likely N-dealkylation sites (tertiary alicyclic amines) is 1. The Labute approximate surface area is 186 Å². The number of sulfonamides is 1. The van der Waals surface area contributed by atoms with Crippen LogP contribution in [0.1, 0.15) is 46.1 Å². The molecule has 31 heavy (non-hydrogen) atoms. The molecule has 0 aromatic heterocycles. The standard InChI is InChI=1S/C22H35N3O5S/c1-6-25(7-2)31(28,29)20-15-19(10-9-16(20)4)23-21(26)17(5)24-13-11-18(12-14-24)22(27)30-8-3/h9-10,15,17-18H,6-8,11-14H2,1-5H3,(H,23,26). The van der Waals surface area contributed by atoms with Gasteiger partial charge < -0.3 is 10.1 Å². The minimum atomic E-state index is -3.62. The minimum Gasteiger partial charge on any atom is -0.466 e. The fourth-order valence-electron chi connectivity index (χ4n) is 3.85. The van der Waals surface area contributed by atoms with Gasteiger partial charge in [-0.2, -0.15) is 4.31 Å². The Balaban J connectivity index is 2.06. The van der Waals surface area contributed by atoms with E-state index in [1.807, 2.05) is 11.8 Å². The zero-order chi connectivity index (χ0) is 23.2. The highest BCUT2D eigenvalue weighted by atomic mass is 32.2. The van der Waals surface area contributed by atoms with Gasteiger partial charge >= 0.3 is 5.97 Å². The number of hydrogen-bond donors (Lipinski definition) is 1. The van der Waals surface area contributed by atoms with Crippen LogP contribution < -0.4 is 5.32 Å². The first-order chi connectivity index (χ1) is 14.6. The highest BCUT2D eigenvalue weighted by Crippen LogP contribution is 2.25. The number of carbonyl (C=O) groups excluding carboxylic acids is 2. The maximum Gasteiger partial charge on any atom is 0.309 e. The van der Waals surface area contributed by atoms with E-state index < -0.39 is 16.1 Å². The van der Waals surface area contributed by atoms with E-state index in [4.69, 9.17) is 4.74 Å². The molecule has 1 unspecified atom stereocenters. The van der Waals surface area contributed by atoms with Gasteiger partial charge in [-0.15, -0.1) is 0 Å². The maximum absolute atomic E-state index is 12.9. The fourth-order valence-corrected chi connectivity index (χ4v) is 5.56. The molecule has 0 saturated carbocycles. The number of amides is 1. The molecule has 1 aromatic rings. The normalized spacial score (nSPS) is 16.8. The lowest BCUT2D eigenvalue weighted by Crippen LogP contribution is -2.47. The minimum absolute atomic E-state index is 0.114. The van der Waals surface area contributed by atoms with Crippen molar-refractivity contribution in [2.75, 3.05) is 38.1 Å². The predicted octanol–water partition coefficient (Wildman–Crippen LogP) is 2.63. The number of benzene rings is 1. The molecule has 2 rings (SSSR count). The first kappa shape index (κ1) is 25.3. The molecule has 1 aliphatic rings. The van der Waals surface area contributed by atoms with E-state index >= 15 is 0 Å². The van der Waals surface area contributed by atoms with Crippen LogP contribution in [0.15, 0.2) is 23.1 Å². The zero-order valence-corrected chi connectivity index (χ0v) is 20.0. The molecule has 0 spiro atoms. The molecule has 8 nitrogen and oxygen atoms in total. The van der Waals surface area contributed by atoms with E-state index in [-0.39, 0.29) is 22.7 Å². The van der Waals surface area contributed by atoms with E-state index in [0.717, 1.165) is 0 Å². The Bertz CT molecular complexity index is 875. The van der Waals surface area contributed by atoms with Gasteiger partial charge in [0.1, 0.15) is 0 Å². The van der Waals surface area contributed by atoms with E-state index in [9.17, 15) is 18.0 Å². The second-order valence-corrected chi connectivity index (χ2v) is 9.70. The number of carbonyl (C=O) groups is 2. The lowest BCUT2D eigenvalue weighted by Gasteiger charge is -2.34. The molecule has 1 saturated heterocycles. The van der Waals surface area contributed by atoms with E-state index in [2.05, 4.69) is 5.32 Å². The first-order valence-electron chi connectivity index (χ1n) is 11.0. The van der Waals surface area contributed by atoms with Crippen molar-refractivity contribution in [3.63, 3.8) is 0 Å². The summed E-state index contributed by atoms with van der Waals surface area (Å²) in [5, 5.41) is 2.85. The van der Waals surface area contributed by atoms with Gasteiger partial charge in [-0.05, 0) is 64.4 Å². The van der Waals surface area contributed by atoms with Crippen molar-refractivity contribution < 1.29 is 22.7 Å². The van der Waals surface area contributed by atoms with Crippen LogP contribution >= 0.6 is 0 Å². The number of nitrogens with one attached hydrogen (secondary N) is 1. The Kier molecular flexibility index (Phi) is 9.02.